The first-order valence-electron chi connectivity index (χ1n) is 7.43. The molecule has 2 N–H and O–H groups in total. The predicted molar refractivity (Wildman–Crippen MR) is 107 cm³/mol. The second kappa shape index (κ2) is 13.0. The highest BCUT2D eigenvalue weighted by atomic mass is 127. The fourth-order valence-electron chi connectivity index (χ4n) is 1.90. The molecule has 0 unspecified atom stereocenters. The van der Waals surface area contributed by atoms with Crippen molar-refractivity contribution in [2.75, 3.05) is 25.1 Å². The molecule has 6 heteroatoms. The number of unbranched alkanes of at least 4 members (excludes halogenated alkanes) is 1. The minimum absolute atomic E-state index is 0. The Morgan fingerprint density at radius 1 is 1.27 bits per heavy atom. The number of guanidine groups is 1. The lowest BCUT2D eigenvalue weighted by Gasteiger charge is -2.11. The standard InChI is InChI=1S/C16H26FN3S.HI/c1-4-18-16(19-9-5-6-10-21-3)20-12-14-7-8-15(17)13(2)11-14;/h7-8,11H,4-6,9-10,12H2,1-3H3,(H2,18,19,20);1H. The van der Waals surface area contributed by atoms with Gasteiger partial charge in [-0.2, -0.15) is 11.8 Å². The summed E-state index contributed by atoms with van der Waals surface area (Å²) in [6, 6.07) is 5.14. The van der Waals surface area contributed by atoms with E-state index in [0.717, 1.165) is 31.0 Å². The third-order valence-electron chi connectivity index (χ3n) is 3.05. The summed E-state index contributed by atoms with van der Waals surface area (Å²) in [5, 5.41) is 6.56. The smallest absolute Gasteiger partial charge is 0.191 e. The Labute approximate surface area is 155 Å². The number of nitrogens with zero attached hydrogens (tertiary/aromatic N) is 1. The molecule has 0 aliphatic carbocycles. The highest BCUT2D eigenvalue weighted by Crippen LogP contribution is 2.10. The predicted octanol–water partition coefficient (Wildman–Crippen LogP) is 3.95. The Morgan fingerprint density at radius 3 is 2.68 bits per heavy atom. The van der Waals surface area contributed by atoms with Crippen molar-refractivity contribution in [1.82, 2.24) is 10.6 Å². The van der Waals surface area contributed by atoms with Crippen LogP contribution in [0.2, 0.25) is 0 Å². The zero-order valence-corrected chi connectivity index (χ0v) is 16.8. The average Bonchev–Trinajstić information content (AvgIpc) is 2.48. The summed E-state index contributed by atoms with van der Waals surface area (Å²) in [6.07, 6.45) is 4.48. The molecule has 22 heavy (non-hydrogen) atoms. The highest BCUT2D eigenvalue weighted by Gasteiger charge is 2.00. The van der Waals surface area contributed by atoms with Crippen LogP contribution in [0.3, 0.4) is 0 Å². The summed E-state index contributed by atoms with van der Waals surface area (Å²) in [7, 11) is 0. The number of hydrogen-bond donors (Lipinski definition) is 2. The van der Waals surface area contributed by atoms with E-state index in [1.54, 1.807) is 13.0 Å². The molecule has 126 valence electrons. The Kier molecular flexibility index (Phi) is 12.7. The fourth-order valence-corrected chi connectivity index (χ4v) is 2.39. The summed E-state index contributed by atoms with van der Waals surface area (Å²) in [6.45, 7) is 6.14. The number of rotatable bonds is 8. The number of nitrogens with one attached hydrogen (secondary N) is 2. The SMILES string of the molecule is CCNC(=NCc1ccc(F)c(C)c1)NCCCCSC.I. The minimum Gasteiger partial charge on any atom is -0.357 e. The van der Waals surface area contributed by atoms with Gasteiger partial charge in [0.1, 0.15) is 5.82 Å². The van der Waals surface area contributed by atoms with Crippen molar-refractivity contribution in [3.8, 4) is 0 Å². The van der Waals surface area contributed by atoms with E-state index in [1.807, 2.05) is 24.8 Å². The van der Waals surface area contributed by atoms with Gasteiger partial charge in [-0.25, -0.2) is 9.38 Å². The maximum absolute atomic E-state index is 13.2. The molecular formula is C16H27FIN3S. The van der Waals surface area contributed by atoms with E-state index in [-0.39, 0.29) is 29.8 Å². The van der Waals surface area contributed by atoms with Gasteiger partial charge < -0.3 is 10.6 Å². The zero-order chi connectivity index (χ0) is 15.5. The third-order valence-corrected chi connectivity index (χ3v) is 3.75. The molecule has 0 atom stereocenters. The van der Waals surface area contributed by atoms with E-state index in [2.05, 4.69) is 21.9 Å². The maximum Gasteiger partial charge on any atom is 0.191 e. The molecule has 0 amide bonds. The zero-order valence-electron chi connectivity index (χ0n) is 13.6. The number of aryl methyl sites for hydroxylation is 1. The van der Waals surface area contributed by atoms with Crippen LogP contribution in [0.1, 0.15) is 30.9 Å². The lowest BCUT2D eigenvalue weighted by atomic mass is 10.1. The second-order valence-electron chi connectivity index (χ2n) is 4.91. The summed E-state index contributed by atoms with van der Waals surface area (Å²) >= 11 is 1.88. The Morgan fingerprint density at radius 2 is 2.05 bits per heavy atom. The molecule has 0 heterocycles. The molecule has 0 fully saturated rings. The van der Waals surface area contributed by atoms with Gasteiger partial charge in [-0.1, -0.05) is 12.1 Å². The lowest BCUT2D eigenvalue weighted by Crippen LogP contribution is -2.37. The Balaban J connectivity index is 0.00000441. The molecule has 0 aromatic heterocycles. The van der Waals surface area contributed by atoms with Crippen LogP contribution in [0.5, 0.6) is 0 Å². The number of halogens is 2. The number of hydrogen-bond acceptors (Lipinski definition) is 2. The number of thioether (sulfide) groups is 1. The first kappa shape index (κ1) is 21.5. The van der Waals surface area contributed by atoms with Gasteiger partial charge in [0.15, 0.2) is 5.96 Å². The van der Waals surface area contributed by atoms with Crippen molar-refractivity contribution in [2.45, 2.75) is 33.2 Å². The lowest BCUT2D eigenvalue weighted by molar-refractivity contribution is 0.617. The van der Waals surface area contributed by atoms with Gasteiger partial charge in [0.25, 0.3) is 0 Å². The van der Waals surface area contributed by atoms with Crippen molar-refractivity contribution in [1.29, 1.82) is 0 Å². The summed E-state index contributed by atoms with van der Waals surface area (Å²) < 4.78 is 13.2. The molecule has 0 bridgehead atoms. The quantitative estimate of drug-likeness (QED) is 0.279. The maximum atomic E-state index is 13.2. The van der Waals surface area contributed by atoms with Crippen LogP contribution in [-0.2, 0) is 6.54 Å². The van der Waals surface area contributed by atoms with Crippen LogP contribution >= 0.6 is 35.7 Å². The monoisotopic (exact) mass is 439 g/mol. The average molecular weight is 439 g/mol. The van der Waals surface area contributed by atoms with Crippen molar-refractivity contribution in [3.63, 3.8) is 0 Å². The molecule has 0 aliphatic heterocycles. The van der Waals surface area contributed by atoms with Crippen molar-refractivity contribution in [2.24, 2.45) is 4.99 Å². The van der Waals surface area contributed by atoms with Gasteiger partial charge in [-0.05, 0) is 55.9 Å². The summed E-state index contributed by atoms with van der Waals surface area (Å²) in [4.78, 5) is 4.54. The molecule has 3 nitrogen and oxygen atoms in total. The van der Waals surface area contributed by atoms with Crippen molar-refractivity contribution >= 4 is 41.7 Å². The number of benzene rings is 1. The minimum atomic E-state index is -0.165. The number of aliphatic imine (C=N–C) groups is 1. The molecular weight excluding hydrogens is 412 g/mol. The molecule has 0 saturated heterocycles. The van der Waals surface area contributed by atoms with Crippen LogP contribution in [0.25, 0.3) is 0 Å². The van der Waals surface area contributed by atoms with Gasteiger partial charge in [-0.3, -0.25) is 0 Å². The van der Waals surface area contributed by atoms with Crippen LogP contribution in [0.4, 0.5) is 4.39 Å². The molecule has 0 spiro atoms. The summed E-state index contributed by atoms with van der Waals surface area (Å²) in [5.74, 6) is 1.86. The normalized spacial score (nSPS) is 11.0. The molecule has 1 aromatic carbocycles. The molecule has 0 aliphatic rings. The van der Waals surface area contributed by atoms with Gasteiger partial charge in [0.2, 0.25) is 0 Å². The molecule has 0 saturated carbocycles. The van der Waals surface area contributed by atoms with Crippen molar-refractivity contribution < 1.29 is 4.39 Å². The van der Waals surface area contributed by atoms with Gasteiger partial charge in [0, 0.05) is 13.1 Å². The van der Waals surface area contributed by atoms with E-state index >= 15 is 0 Å². The molecule has 0 radical (unpaired) electrons. The van der Waals surface area contributed by atoms with Gasteiger partial charge >= 0.3 is 0 Å². The van der Waals surface area contributed by atoms with E-state index in [4.69, 9.17) is 0 Å². The van der Waals surface area contributed by atoms with E-state index in [0.29, 0.717) is 12.1 Å². The largest absolute Gasteiger partial charge is 0.357 e. The Bertz CT molecular complexity index is 455. The molecule has 1 rings (SSSR count). The van der Waals surface area contributed by atoms with E-state index in [9.17, 15) is 4.39 Å². The van der Waals surface area contributed by atoms with E-state index in [1.165, 1.54) is 18.2 Å². The van der Waals surface area contributed by atoms with Gasteiger partial charge in [0.05, 0.1) is 6.54 Å². The highest BCUT2D eigenvalue weighted by molar-refractivity contribution is 14.0. The first-order chi connectivity index (χ1) is 10.2. The van der Waals surface area contributed by atoms with Crippen LogP contribution in [0, 0.1) is 12.7 Å². The topological polar surface area (TPSA) is 36.4 Å². The van der Waals surface area contributed by atoms with Crippen LogP contribution < -0.4 is 10.6 Å². The van der Waals surface area contributed by atoms with Crippen LogP contribution in [-0.4, -0.2) is 31.1 Å². The summed E-state index contributed by atoms with van der Waals surface area (Å²) in [5.41, 5.74) is 1.69. The third kappa shape index (κ3) is 8.82. The Hall–Kier alpha value is -0.500. The second-order valence-corrected chi connectivity index (χ2v) is 5.89. The first-order valence-corrected chi connectivity index (χ1v) is 8.83. The fraction of sp³-hybridized carbons (Fsp3) is 0.562. The van der Waals surface area contributed by atoms with E-state index < -0.39 is 0 Å². The van der Waals surface area contributed by atoms with Gasteiger partial charge in [-0.15, -0.1) is 24.0 Å². The molecule has 1 aromatic rings. The van der Waals surface area contributed by atoms with Crippen LogP contribution in [0.15, 0.2) is 23.2 Å². The van der Waals surface area contributed by atoms with Crippen molar-refractivity contribution in [3.05, 3.63) is 35.1 Å².